The number of fused-ring (bicyclic) bond motifs is 3. The van der Waals surface area contributed by atoms with E-state index in [0.717, 1.165) is 24.3 Å². The van der Waals surface area contributed by atoms with Crippen LogP contribution in [0.1, 0.15) is 183 Å². The van der Waals surface area contributed by atoms with E-state index in [4.69, 9.17) is 0 Å². The topological polar surface area (TPSA) is 0 Å². The van der Waals surface area contributed by atoms with Crippen molar-refractivity contribution >= 4 is 24.9 Å². The van der Waals surface area contributed by atoms with E-state index in [9.17, 15) is 25.9 Å². The third kappa shape index (κ3) is 17.3. The van der Waals surface area contributed by atoms with Crippen molar-refractivity contribution < 1.29 is 34.9 Å². The summed E-state index contributed by atoms with van der Waals surface area (Å²) in [7, 11) is 0. The standard InChI is InChI=1S/2C16H36N.C15H12B2F6/c2*1-5-9-13-17(14-10-6-2,15-11-7-3)16-12-8-4;1-15(2)13-7-9(16(18,19)20)3-5-11(13)12-6-4-10(8-14(12)15)17(21,22)23/h2*5-16H2,1-4H3;3-8H,1-2H3/q2*+1;-2. The number of halogens is 6. The van der Waals surface area contributed by atoms with E-state index in [1.165, 1.54) is 176 Å². The highest BCUT2D eigenvalue weighted by Gasteiger charge is 2.39. The molecule has 0 aromatic heterocycles. The molecule has 0 spiro atoms. The normalized spacial score (nSPS) is 13.7. The van der Waals surface area contributed by atoms with Gasteiger partial charge in [-0.1, -0.05) is 157 Å². The molecule has 330 valence electrons. The second-order valence-electron chi connectivity index (χ2n) is 17.7. The Kier molecular flexibility index (Phi) is 24.5. The molecule has 10 heteroatoms. The molecular weight excluding hydrogens is 728 g/mol. The SMILES string of the molecule is CC1(C)c2cc([B-](F)(F)F)ccc2-c2ccc([B-](F)(F)F)cc21.CCCC[N+](CCCC)(CCCC)CCCC.CCCC[N+](CCCC)(CCCC)CCCC. The highest BCUT2D eigenvalue weighted by Crippen LogP contribution is 2.48. The molecule has 57 heavy (non-hydrogen) atoms. The van der Waals surface area contributed by atoms with Crippen LogP contribution in [0.4, 0.5) is 25.9 Å². The molecule has 0 unspecified atom stereocenters. The zero-order chi connectivity index (χ0) is 43.2. The fraction of sp³-hybridized carbons (Fsp3) is 0.745. The lowest BCUT2D eigenvalue weighted by atomic mass is 9.73. The van der Waals surface area contributed by atoms with Gasteiger partial charge in [-0.2, -0.15) is 0 Å². The van der Waals surface area contributed by atoms with E-state index in [1.807, 2.05) is 0 Å². The first-order valence-electron chi connectivity index (χ1n) is 23.3. The first kappa shape index (κ1) is 53.1. The zero-order valence-corrected chi connectivity index (χ0v) is 38.3. The quantitative estimate of drug-likeness (QED) is 0.0504. The molecule has 0 fully saturated rings. The lowest BCUT2D eigenvalue weighted by molar-refractivity contribution is -0.929. The van der Waals surface area contributed by atoms with Crippen LogP contribution in [-0.4, -0.2) is 75.3 Å². The number of unbranched alkanes of at least 4 members (excludes halogenated alkanes) is 8. The summed E-state index contributed by atoms with van der Waals surface area (Å²) >= 11 is 0. The Hall–Kier alpha value is -1.93. The van der Waals surface area contributed by atoms with Gasteiger partial charge in [-0.25, -0.2) is 0 Å². The maximum absolute atomic E-state index is 13.0. The van der Waals surface area contributed by atoms with E-state index >= 15 is 0 Å². The molecule has 0 saturated heterocycles. The lowest BCUT2D eigenvalue weighted by Crippen LogP contribution is -2.50. The fourth-order valence-corrected chi connectivity index (χ4v) is 8.47. The van der Waals surface area contributed by atoms with E-state index in [-0.39, 0.29) is 0 Å². The smallest absolute Gasteiger partial charge is 0.445 e. The van der Waals surface area contributed by atoms with Gasteiger partial charge in [0.1, 0.15) is 0 Å². The lowest BCUT2D eigenvalue weighted by Gasteiger charge is -2.39. The molecule has 2 aromatic rings. The van der Waals surface area contributed by atoms with Gasteiger partial charge >= 0.3 is 14.0 Å². The van der Waals surface area contributed by atoms with E-state index in [2.05, 4.69) is 55.4 Å². The summed E-state index contributed by atoms with van der Waals surface area (Å²) in [6.45, 7) is 23.0. The molecule has 0 atom stereocenters. The zero-order valence-electron chi connectivity index (χ0n) is 38.3. The predicted octanol–water partition coefficient (Wildman–Crippen LogP) is 14.1. The van der Waals surface area contributed by atoms with Crippen molar-refractivity contribution in [3.63, 3.8) is 0 Å². The average molecular weight is 813 g/mol. The fourth-order valence-electron chi connectivity index (χ4n) is 8.47. The monoisotopic (exact) mass is 813 g/mol. The van der Waals surface area contributed by atoms with Crippen molar-refractivity contribution in [2.45, 2.75) is 177 Å². The molecule has 1 aliphatic rings. The minimum absolute atomic E-state index is 0.413. The molecule has 0 aliphatic heterocycles. The van der Waals surface area contributed by atoms with Gasteiger partial charge in [0.15, 0.2) is 0 Å². The van der Waals surface area contributed by atoms with Gasteiger partial charge in [-0.15, -0.1) is 10.9 Å². The second kappa shape index (κ2) is 26.3. The molecule has 3 rings (SSSR count). The maximum Gasteiger partial charge on any atom is 0.509 e. The van der Waals surface area contributed by atoms with E-state index in [0.29, 0.717) is 22.3 Å². The van der Waals surface area contributed by atoms with Crippen LogP contribution in [0.5, 0.6) is 0 Å². The molecule has 2 aromatic carbocycles. The highest BCUT2D eigenvalue weighted by atomic mass is 19.4. The minimum atomic E-state index is -5.15. The van der Waals surface area contributed by atoms with Crippen molar-refractivity contribution in [2.24, 2.45) is 0 Å². The van der Waals surface area contributed by atoms with Crippen molar-refractivity contribution in [1.29, 1.82) is 0 Å². The summed E-state index contributed by atoms with van der Waals surface area (Å²) < 4.78 is 80.7. The first-order valence-corrected chi connectivity index (χ1v) is 23.3. The second-order valence-corrected chi connectivity index (χ2v) is 17.7. The summed E-state index contributed by atoms with van der Waals surface area (Å²) in [6, 6.07) is 6.82. The van der Waals surface area contributed by atoms with Crippen molar-refractivity contribution in [1.82, 2.24) is 0 Å². The van der Waals surface area contributed by atoms with Gasteiger partial charge in [0.2, 0.25) is 0 Å². The molecule has 0 N–H and O–H groups in total. The summed E-state index contributed by atoms with van der Waals surface area (Å²) in [5.74, 6) is 0. The molecular formula is C47H84B2F6N2. The number of hydrogen-bond donors (Lipinski definition) is 0. The average Bonchev–Trinajstić information content (AvgIpc) is 3.41. The Morgan fingerprint density at radius 2 is 0.596 bits per heavy atom. The Morgan fingerprint density at radius 3 is 0.772 bits per heavy atom. The van der Waals surface area contributed by atoms with Gasteiger partial charge in [-0.3, -0.25) is 0 Å². The highest BCUT2D eigenvalue weighted by molar-refractivity contribution is 6.74. The van der Waals surface area contributed by atoms with Crippen LogP contribution in [0.2, 0.25) is 0 Å². The molecule has 0 saturated carbocycles. The van der Waals surface area contributed by atoms with Gasteiger partial charge in [0, 0.05) is 5.41 Å². The number of hydrogen-bond acceptors (Lipinski definition) is 0. The van der Waals surface area contributed by atoms with Crippen molar-refractivity contribution in [2.75, 3.05) is 52.4 Å². The van der Waals surface area contributed by atoms with Crippen molar-refractivity contribution in [3.05, 3.63) is 47.5 Å². The predicted molar refractivity (Wildman–Crippen MR) is 240 cm³/mol. The summed E-state index contributed by atoms with van der Waals surface area (Å²) in [5, 5.41) is 0. The van der Waals surface area contributed by atoms with Gasteiger partial charge in [0.25, 0.3) is 0 Å². The number of rotatable bonds is 26. The van der Waals surface area contributed by atoms with Crippen molar-refractivity contribution in [3.8, 4) is 11.1 Å². The van der Waals surface area contributed by atoms with E-state index in [1.54, 1.807) is 13.8 Å². The molecule has 0 amide bonds. The number of benzene rings is 2. The van der Waals surface area contributed by atoms with E-state index < -0.39 is 30.3 Å². The van der Waals surface area contributed by atoms with Gasteiger partial charge in [-0.05, 0) is 73.6 Å². The third-order valence-corrected chi connectivity index (χ3v) is 12.4. The largest absolute Gasteiger partial charge is 0.509 e. The molecule has 1 aliphatic carbocycles. The summed E-state index contributed by atoms with van der Waals surface area (Å²) in [6.07, 6.45) is 22.1. The Balaban J connectivity index is 0.000000438. The third-order valence-electron chi connectivity index (χ3n) is 12.4. The van der Waals surface area contributed by atoms with Crippen LogP contribution in [0.25, 0.3) is 11.1 Å². The van der Waals surface area contributed by atoms with Crippen LogP contribution in [-0.2, 0) is 5.41 Å². The van der Waals surface area contributed by atoms with Crippen LogP contribution >= 0.6 is 0 Å². The van der Waals surface area contributed by atoms with Gasteiger partial charge in [0.05, 0.1) is 52.4 Å². The molecule has 0 bridgehead atoms. The van der Waals surface area contributed by atoms with Crippen LogP contribution < -0.4 is 10.9 Å². The van der Waals surface area contributed by atoms with Gasteiger partial charge < -0.3 is 34.9 Å². The first-order chi connectivity index (χ1) is 26.9. The van der Waals surface area contributed by atoms with Crippen LogP contribution in [0, 0.1) is 0 Å². The Labute approximate surface area is 347 Å². The Bertz CT molecular complexity index is 1200. The molecule has 0 heterocycles. The maximum atomic E-state index is 13.0. The minimum Gasteiger partial charge on any atom is -0.445 e. The van der Waals surface area contributed by atoms with Crippen LogP contribution in [0.15, 0.2) is 36.4 Å². The number of quaternary nitrogens is 2. The molecule has 0 radical (unpaired) electrons. The number of nitrogens with zero attached hydrogens (tertiary/aromatic N) is 2. The summed E-state index contributed by atoms with van der Waals surface area (Å²) in [5.41, 5.74) is -0.411. The molecule has 2 nitrogen and oxygen atoms in total. The summed E-state index contributed by atoms with van der Waals surface area (Å²) in [4.78, 5) is 0. The Morgan fingerprint density at radius 1 is 0.386 bits per heavy atom. The van der Waals surface area contributed by atoms with Crippen LogP contribution in [0.3, 0.4) is 0 Å².